The maximum Gasteiger partial charge on any atom is 0.230 e. The first kappa shape index (κ1) is 15.0. The van der Waals surface area contributed by atoms with Gasteiger partial charge in [-0.05, 0) is 30.3 Å². The summed E-state index contributed by atoms with van der Waals surface area (Å²) in [5.41, 5.74) is 7.33. The summed E-state index contributed by atoms with van der Waals surface area (Å²) in [6, 6.07) is 10.6. The fourth-order valence-electron chi connectivity index (χ4n) is 1.72. The summed E-state index contributed by atoms with van der Waals surface area (Å²) in [5, 5.41) is 3.32. The molecule has 0 aliphatic carbocycles. The number of hydrogen-bond donors (Lipinski definition) is 2. The normalized spacial score (nSPS) is 9.62. The van der Waals surface area contributed by atoms with Crippen molar-refractivity contribution < 1.29 is 4.79 Å². The topological polar surface area (TPSA) is 68.0 Å². The molecule has 1 amide bonds. The lowest BCUT2D eigenvalue weighted by Gasteiger charge is -2.06. The average molecular weight is 300 g/mol. The lowest BCUT2D eigenvalue weighted by atomic mass is 10.2. The number of amides is 1. The van der Waals surface area contributed by atoms with Crippen LogP contribution in [0.5, 0.6) is 0 Å². The van der Waals surface area contributed by atoms with E-state index in [1.54, 1.807) is 30.5 Å². The number of anilines is 1. The Morgan fingerprint density at radius 1 is 1.33 bits per heavy atom. The second-order valence-electron chi connectivity index (χ2n) is 4.25. The molecule has 1 aromatic heterocycles. The molecule has 0 radical (unpaired) electrons. The van der Waals surface area contributed by atoms with E-state index in [0.29, 0.717) is 22.0 Å². The van der Waals surface area contributed by atoms with Gasteiger partial charge in [0.25, 0.3) is 0 Å². The van der Waals surface area contributed by atoms with E-state index in [1.165, 1.54) is 0 Å². The number of carbonyl (C=O) groups excluding carboxylic acids is 1. The highest BCUT2D eigenvalue weighted by Crippen LogP contribution is 2.19. The molecule has 0 bridgehead atoms. The van der Waals surface area contributed by atoms with Gasteiger partial charge in [-0.15, -0.1) is 0 Å². The third-order valence-corrected chi connectivity index (χ3v) is 2.97. The summed E-state index contributed by atoms with van der Waals surface area (Å²) >= 11 is 6.03. The predicted molar refractivity (Wildman–Crippen MR) is 84.0 cm³/mol. The van der Waals surface area contributed by atoms with Gasteiger partial charge in [-0.3, -0.25) is 9.78 Å². The van der Waals surface area contributed by atoms with Crippen LogP contribution in [0.1, 0.15) is 11.3 Å². The molecule has 0 saturated carbocycles. The lowest BCUT2D eigenvalue weighted by molar-refractivity contribution is -0.115. The average Bonchev–Trinajstić information content (AvgIpc) is 2.48. The summed E-state index contributed by atoms with van der Waals surface area (Å²) in [4.78, 5) is 16.1. The van der Waals surface area contributed by atoms with Gasteiger partial charge in [0.1, 0.15) is 0 Å². The van der Waals surface area contributed by atoms with Crippen LogP contribution in [0.3, 0.4) is 0 Å². The Hall–Kier alpha value is -2.35. The van der Waals surface area contributed by atoms with Gasteiger partial charge in [-0.25, -0.2) is 0 Å². The number of rotatable bonds is 3. The molecule has 1 heterocycles. The van der Waals surface area contributed by atoms with Crippen molar-refractivity contribution in [3.63, 3.8) is 0 Å². The Morgan fingerprint density at radius 3 is 2.90 bits per heavy atom. The number of pyridine rings is 1. The van der Waals surface area contributed by atoms with Gasteiger partial charge in [0, 0.05) is 23.1 Å². The van der Waals surface area contributed by atoms with Gasteiger partial charge in [0.2, 0.25) is 5.91 Å². The summed E-state index contributed by atoms with van der Waals surface area (Å²) < 4.78 is 0. The molecule has 106 valence electrons. The van der Waals surface area contributed by atoms with Crippen LogP contribution >= 0.6 is 11.6 Å². The van der Waals surface area contributed by atoms with Gasteiger partial charge >= 0.3 is 0 Å². The predicted octanol–water partition coefficient (Wildman–Crippen LogP) is 2.23. The minimum atomic E-state index is -0.145. The van der Waals surface area contributed by atoms with E-state index < -0.39 is 0 Å². The van der Waals surface area contributed by atoms with E-state index in [1.807, 2.05) is 12.1 Å². The number of halogens is 1. The second-order valence-corrected chi connectivity index (χ2v) is 4.65. The molecule has 2 rings (SSSR count). The molecule has 2 aromatic rings. The Balaban J connectivity index is 2.07. The molecule has 0 aliphatic heterocycles. The van der Waals surface area contributed by atoms with Crippen molar-refractivity contribution >= 4 is 23.2 Å². The second kappa shape index (κ2) is 7.44. The van der Waals surface area contributed by atoms with Crippen molar-refractivity contribution in [2.75, 3.05) is 11.9 Å². The summed E-state index contributed by atoms with van der Waals surface area (Å²) in [7, 11) is 0. The van der Waals surface area contributed by atoms with Crippen LogP contribution < -0.4 is 11.1 Å². The highest BCUT2D eigenvalue weighted by molar-refractivity contribution is 6.31. The highest BCUT2D eigenvalue weighted by atomic mass is 35.5. The van der Waals surface area contributed by atoms with E-state index in [-0.39, 0.29) is 18.9 Å². The Bertz CT molecular complexity index is 690. The third-order valence-electron chi connectivity index (χ3n) is 2.64. The maximum atomic E-state index is 12.0. The van der Waals surface area contributed by atoms with Crippen molar-refractivity contribution in [1.82, 2.24) is 4.98 Å². The van der Waals surface area contributed by atoms with Gasteiger partial charge < -0.3 is 11.1 Å². The number of nitrogens with one attached hydrogen (secondary N) is 1. The van der Waals surface area contributed by atoms with Crippen LogP contribution in [0.15, 0.2) is 42.6 Å². The van der Waals surface area contributed by atoms with E-state index in [9.17, 15) is 4.79 Å². The molecule has 0 saturated heterocycles. The first-order valence-electron chi connectivity index (χ1n) is 6.37. The standard InChI is InChI=1S/C16H14ClN3O/c17-15-7-6-14(10-12(15)4-3-8-18)20-16(21)11-13-5-1-2-9-19-13/h1-2,5-7,9-10H,8,11,18H2,(H,20,21). The molecule has 0 spiro atoms. The molecule has 21 heavy (non-hydrogen) atoms. The Morgan fingerprint density at radius 2 is 2.19 bits per heavy atom. The van der Waals surface area contributed by atoms with Gasteiger partial charge in [0.15, 0.2) is 0 Å². The van der Waals surface area contributed by atoms with Crippen LogP contribution in [0.25, 0.3) is 0 Å². The number of hydrogen-bond acceptors (Lipinski definition) is 3. The van der Waals surface area contributed by atoms with Crippen molar-refractivity contribution in [2.24, 2.45) is 5.73 Å². The molecule has 0 atom stereocenters. The minimum absolute atomic E-state index is 0.145. The molecule has 0 unspecified atom stereocenters. The number of benzene rings is 1. The van der Waals surface area contributed by atoms with Gasteiger partial charge in [-0.1, -0.05) is 29.5 Å². The van der Waals surface area contributed by atoms with Gasteiger partial charge in [0.05, 0.1) is 18.0 Å². The van der Waals surface area contributed by atoms with Crippen molar-refractivity contribution in [3.05, 3.63) is 58.9 Å². The summed E-state index contributed by atoms with van der Waals surface area (Å²) in [6.45, 7) is 0.257. The van der Waals surface area contributed by atoms with Crippen LogP contribution in [-0.4, -0.2) is 17.4 Å². The van der Waals surface area contributed by atoms with E-state index in [4.69, 9.17) is 17.3 Å². The van der Waals surface area contributed by atoms with Crippen LogP contribution in [0.4, 0.5) is 5.69 Å². The first-order chi connectivity index (χ1) is 10.2. The van der Waals surface area contributed by atoms with Crippen LogP contribution in [-0.2, 0) is 11.2 Å². The Labute approximate surface area is 128 Å². The minimum Gasteiger partial charge on any atom is -0.326 e. The van der Waals surface area contributed by atoms with E-state index in [2.05, 4.69) is 22.1 Å². The molecule has 4 nitrogen and oxygen atoms in total. The first-order valence-corrected chi connectivity index (χ1v) is 6.75. The number of nitrogens with zero attached hydrogens (tertiary/aromatic N) is 1. The van der Waals surface area contributed by atoms with Crippen LogP contribution in [0, 0.1) is 11.8 Å². The molecular weight excluding hydrogens is 286 g/mol. The zero-order chi connectivity index (χ0) is 15.1. The third kappa shape index (κ3) is 4.60. The largest absolute Gasteiger partial charge is 0.326 e. The molecule has 0 aliphatic rings. The summed E-state index contributed by atoms with van der Waals surface area (Å²) in [6.07, 6.45) is 1.87. The molecule has 0 fully saturated rings. The SMILES string of the molecule is NCC#Cc1cc(NC(=O)Cc2ccccn2)ccc1Cl. The Kier molecular flexibility index (Phi) is 5.33. The molecule has 3 N–H and O–H groups in total. The van der Waals surface area contributed by atoms with Crippen molar-refractivity contribution in [3.8, 4) is 11.8 Å². The van der Waals surface area contributed by atoms with Crippen molar-refractivity contribution in [2.45, 2.75) is 6.42 Å². The number of nitrogens with two attached hydrogens (primary N) is 1. The number of aromatic nitrogens is 1. The fourth-order valence-corrected chi connectivity index (χ4v) is 1.88. The zero-order valence-electron chi connectivity index (χ0n) is 11.3. The summed E-state index contributed by atoms with van der Waals surface area (Å²) in [5.74, 6) is 5.46. The molecule has 5 heteroatoms. The molecular formula is C16H14ClN3O. The van der Waals surface area contributed by atoms with Crippen molar-refractivity contribution in [1.29, 1.82) is 0 Å². The lowest BCUT2D eigenvalue weighted by Crippen LogP contribution is -2.15. The van der Waals surface area contributed by atoms with E-state index in [0.717, 1.165) is 0 Å². The number of carbonyl (C=O) groups is 1. The quantitative estimate of drug-likeness (QED) is 0.854. The zero-order valence-corrected chi connectivity index (χ0v) is 12.0. The van der Waals surface area contributed by atoms with Crippen LogP contribution in [0.2, 0.25) is 5.02 Å². The highest BCUT2D eigenvalue weighted by Gasteiger charge is 2.06. The maximum absolute atomic E-state index is 12.0. The monoisotopic (exact) mass is 299 g/mol. The fraction of sp³-hybridized carbons (Fsp3) is 0.125. The molecule has 1 aromatic carbocycles. The smallest absolute Gasteiger partial charge is 0.230 e. The van der Waals surface area contributed by atoms with E-state index >= 15 is 0 Å². The van der Waals surface area contributed by atoms with Gasteiger partial charge in [-0.2, -0.15) is 0 Å².